The molecule has 3 N–H and O–H groups in total. The molecular weight excluding hydrogens is 350 g/mol. The van der Waals surface area contributed by atoms with Crippen LogP contribution in [0.5, 0.6) is 5.75 Å². The molecule has 0 amide bonds. The molecule has 0 saturated heterocycles. The van der Waals surface area contributed by atoms with Crippen LogP contribution in [0.3, 0.4) is 0 Å². The number of unbranched alkanes of at least 4 members (excludes halogenated alkanes) is 1. The van der Waals surface area contributed by atoms with Crippen molar-refractivity contribution in [2.24, 2.45) is 0 Å². The Morgan fingerprint density at radius 2 is 2.23 bits per heavy atom. The van der Waals surface area contributed by atoms with E-state index in [-0.39, 0.29) is 6.61 Å². The maximum absolute atomic E-state index is 9.60. The molecule has 7 nitrogen and oxygen atoms in total. The monoisotopic (exact) mass is 369 g/mol. The summed E-state index contributed by atoms with van der Waals surface area (Å²) in [6.45, 7) is 0.594. The van der Waals surface area contributed by atoms with E-state index in [1.807, 2.05) is 16.7 Å². The molecule has 0 atom stereocenters. The number of nitrogen functional groups attached to an aromatic ring is 1. The minimum Gasteiger partial charge on any atom is -0.497 e. The number of rotatable bonds is 7. The van der Waals surface area contributed by atoms with Gasteiger partial charge in [-0.3, -0.25) is 0 Å². The first-order valence-electron chi connectivity index (χ1n) is 8.03. The van der Waals surface area contributed by atoms with Crippen LogP contribution < -0.4 is 10.5 Å². The summed E-state index contributed by atoms with van der Waals surface area (Å²) in [6.07, 6.45) is 8.47. The summed E-state index contributed by atoms with van der Waals surface area (Å²) in [5.74, 6) is 4.33. The molecule has 1 aromatic rings. The largest absolute Gasteiger partial charge is 0.497 e. The van der Waals surface area contributed by atoms with Crippen molar-refractivity contribution < 1.29 is 9.84 Å². The van der Waals surface area contributed by atoms with E-state index < -0.39 is 0 Å². The minimum atomic E-state index is -0.102. The van der Waals surface area contributed by atoms with Gasteiger partial charge in [0.25, 0.3) is 0 Å². The number of aromatic nitrogens is 4. The van der Waals surface area contributed by atoms with Gasteiger partial charge in [0.1, 0.15) is 5.75 Å². The maximum Gasteiger partial charge on any atom is 0.195 e. The van der Waals surface area contributed by atoms with Crippen LogP contribution in [0.15, 0.2) is 34.6 Å². The summed E-state index contributed by atoms with van der Waals surface area (Å²) in [4.78, 5) is 14.1. The maximum atomic E-state index is 9.60. The van der Waals surface area contributed by atoms with E-state index in [1.165, 1.54) is 11.8 Å². The number of fused-ring (bicyclic) bond motifs is 1. The number of aryl methyl sites for hydroxylation is 1. The van der Waals surface area contributed by atoms with Gasteiger partial charge in [0.15, 0.2) is 22.5 Å². The molecule has 0 aliphatic carbocycles. The summed E-state index contributed by atoms with van der Waals surface area (Å²) in [6, 6.07) is 5.50. The number of nitrogens with zero attached hydrogens (tertiary/aromatic N) is 4. The normalized spacial score (nSPS) is 10.8. The highest BCUT2D eigenvalue weighted by Gasteiger charge is 2.20. The summed E-state index contributed by atoms with van der Waals surface area (Å²) in [5.41, 5.74) is 7.27. The zero-order valence-electron chi connectivity index (χ0n) is 14.3. The summed E-state index contributed by atoms with van der Waals surface area (Å²) >= 11 is 1.36. The zero-order valence-corrected chi connectivity index (χ0v) is 15.2. The van der Waals surface area contributed by atoms with E-state index in [1.54, 1.807) is 19.5 Å². The van der Waals surface area contributed by atoms with Gasteiger partial charge in [-0.1, -0.05) is 0 Å². The topological polar surface area (TPSA) is 99.1 Å². The van der Waals surface area contributed by atoms with Gasteiger partial charge in [-0.2, -0.15) is 0 Å². The molecule has 26 heavy (non-hydrogen) atoms. The quantitative estimate of drug-likeness (QED) is 0.487. The van der Waals surface area contributed by atoms with E-state index >= 15 is 0 Å². The third-order valence-electron chi connectivity index (χ3n) is 3.83. The first-order valence-corrected chi connectivity index (χ1v) is 8.85. The lowest BCUT2D eigenvalue weighted by atomic mass is 10.2. The highest BCUT2D eigenvalue weighted by atomic mass is 32.2. The molecule has 3 rings (SSSR count). The van der Waals surface area contributed by atoms with Crippen LogP contribution in [0, 0.1) is 12.3 Å². The van der Waals surface area contributed by atoms with Crippen LogP contribution in [0.1, 0.15) is 18.4 Å². The Kier molecular flexibility index (Phi) is 5.61. The Labute approximate surface area is 156 Å². The second-order valence-electron chi connectivity index (χ2n) is 5.54. The van der Waals surface area contributed by atoms with Crippen molar-refractivity contribution in [2.45, 2.75) is 36.0 Å². The lowest BCUT2D eigenvalue weighted by molar-refractivity contribution is 0.278. The fraction of sp³-hybridized carbons (Fsp3) is 0.278. The Balaban J connectivity index is 1.92. The molecule has 0 fully saturated rings. The van der Waals surface area contributed by atoms with Gasteiger partial charge in [-0.25, -0.2) is 15.0 Å². The van der Waals surface area contributed by atoms with Gasteiger partial charge in [0, 0.05) is 17.9 Å². The number of nitrogens with two attached hydrogens (primary N) is 1. The van der Waals surface area contributed by atoms with Gasteiger partial charge in [0.05, 0.1) is 20.0 Å². The minimum absolute atomic E-state index is 0.102. The van der Waals surface area contributed by atoms with Crippen molar-refractivity contribution in [1.29, 1.82) is 0 Å². The zero-order chi connectivity index (χ0) is 18.5. The van der Waals surface area contributed by atoms with Crippen molar-refractivity contribution in [3.05, 3.63) is 30.1 Å². The van der Waals surface area contributed by atoms with Gasteiger partial charge in [-0.15, -0.1) is 12.3 Å². The molecule has 0 bridgehead atoms. The Hall–Kier alpha value is -2.76. The molecule has 0 spiro atoms. The fourth-order valence-electron chi connectivity index (χ4n) is 2.50. The second-order valence-corrected chi connectivity index (χ2v) is 6.55. The number of aliphatic hydroxyl groups is 1. The molecule has 2 heterocycles. The number of aliphatic hydroxyl groups excluding tert-OH is 1. The number of anilines is 1. The highest BCUT2D eigenvalue weighted by Crippen LogP contribution is 2.34. The number of benzene rings is 1. The van der Waals surface area contributed by atoms with Crippen LogP contribution in [0.2, 0.25) is 0 Å². The number of hydrogen-bond donors (Lipinski definition) is 2. The van der Waals surface area contributed by atoms with Gasteiger partial charge in [0.2, 0.25) is 0 Å². The molecule has 0 unspecified atom stereocenters. The number of ether oxygens (including phenoxy) is 1. The van der Waals surface area contributed by atoms with E-state index in [0.29, 0.717) is 41.2 Å². The summed E-state index contributed by atoms with van der Waals surface area (Å²) < 4.78 is 7.10. The molecule has 134 valence electrons. The van der Waals surface area contributed by atoms with Crippen LogP contribution in [0.25, 0.3) is 11.5 Å². The van der Waals surface area contributed by atoms with E-state index in [2.05, 4.69) is 20.9 Å². The smallest absolute Gasteiger partial charge is 0.195 e. The summed E-state index contributed by atoms with van der Waals surface area (Å²) in [5, 5.41) is 10.2. The molecule has 2 aliphatic heterocycles. The standard InChI is InChI=1S/C18H19N5O2S/c1-3-4-5-8-23-11-20-16(19)15-17(23)22-18(21-15)26-14-7-6-13(25-2)9-12(14)10-24/h1,6-7,9,11,24H,4-5,8,10,19H2,2H3. The van der Waals surface area contributed by atoms with E-state index in [4.69, 9.17) is 16.9 Å². The van der Waals surface area contributed by atoms with Crippen LogP contribution >= 0.6 is 11.8 Å². The second kappa shape index (κ2) is 8.08. The Morgan fingerprint density at radius 3 is 2.96 bits per heavy atom. The Bertz CT molecular complexity index is 919. The van der Waals surface area contributed by atoms with Crippen molar-refractivity contribution in [3.63, 3.8) is 0 Å². The average Bonchev–Trinajstić information content (AvgIpc) is 3.09. The van der Waals surface area contributed by atoms with Gasteiger partial charge < -0.3 is 20.1 Å². The van der Waals surface area contributed by atoms with Crippen molar-refractivity contribution >= 4 is 17.6 Å². The molecule has 0 saturated carbocycles. The molecule has 1 aromatic carbocycles. The van der Waals surface area contributed by atoms with Gasteiger partial charge >= 0.3 is 0 Å². The molecular formula is C18H19N5O2S. The fourth-order valence-corrected chi connectivity index (χ4v) is 3.36. The predicted molar refractivity (Wildman–Crippen MR) is 100.0 cm³/mol. The van der Waals surface area contributed by atoms with Crippen LogP contribution in [0.4, 0.5) is 5.82 Å². The number of terminal acetylenes is 1. The molecule has 8 heteroatoms. The molecule has 0 aromatic heterocycles. The van der Waals surface area contributed by atoms with E-state index in [9.17, 15) is 5.11 Å². The third-order valence-corrected chi connectivity index (χ3v) is 4.81. The van der Waals surface area contributed by atoms with Crippen molar-refractivity contribution in [1.82, 2.24) is 19.5 Å². The first-order chi connectivity index (χ1) is 12.7. The Morgan fingerprint density at radius 1 is 1.38 bits per heavy atom. The average molecular weight is 369 g/mol. The molecule has 0 radical (unpaired) electrons. The lowest BCUT2D eigenvalue weighted by Crippen LogP contribution is -2.08. The van der Waals surface area contributed by atoms with Crippen LogP contribution in [-0.2, 0) is 13.2 Å². The van der Waals surface area contributed by atoms with E-state index in [0.717, 1.165) is 16.9 Å². The van der Waals surface area contributed by atoms with Crippen LogP contribution in [-0.4, -0.2) is 31.7 Å². The number of hydrogen-bond acceptors (Lipinski definition) is 7. The highest BCUT2D eigenvalue weighted by molar-refractivity contribution is 7.99. The predicted octanol–water partition coefficient (Wildman–Crippen LogP) is 2.43. The lowest BCUT2D eigenvalue weighted by Gasteiger charge is -2.09. The van der Waals surface area contributed by atoms with Crippen molar-refractivity contribution in [3.8, 4) is 29.6 Å². The SMILES string of the molecule is C#CCCCn1cnc(N)c2nc(Sc3ccc(OC)cc3CO)nc1-2. The molecule has 2 aliphatic rings. The number of methoxy groups -OCH3 is 1. The summed E-state index contributed by atoms with van der Waals surface area (Å²) in [7, 11) is 1.59. The number of imidazole rings is 1. The first kappa shape index (κ1) is 18.0. The van der Waals surface area contributed by atoms with Gasteiger partial charge in [-0.05, 0) is 41.9 Å². The third kappa shape index (κ3) is 3.74. The van der Waals surface area contributed by atoms with Crippen molar-refractivity contribution in [2.75, 3.05) is 12.8 Å².